The van der Waals surface area contributed by atoms with E-state index in [1.807, 2.05) is 29.8 Å². The average molecular weight is 784 g/mol. The van der Waals surface area contributed by atoms with Crippen molar-refractivity contribution in [2.75, 3.05) is 25.0 Å². The molecule has 2 N–H and O–H groups in total. The van der Waals surface area contributed by atoms with Gasteiger partial charge < -0.3 is 15.0 Å². The van der Waals surface area contributed by atoms with Crippen LogP contribution in [-0.2, 0) is 37.8 Å². The van der Waals surface area contributed by atoms with Crippen LogP contribution in [0.4, 0.5) is 10.1 Å². The largest absolute Gasteiger partial charge is 0.481 e. The molecule has 2 aliphatic heterocycles. The van der Waals surface area contributed by atoms with E-state index >= 15 is 4.39 Å². The van der Waals surface area contributed by atoms with Gasteiger partial charge in [-0.3, -0.25) is 24.4 Å². The highest BCUT2D eigenvalue weighted by Gasteiger charge is 2.57. The average Bonchev–Trinajstić information content (AvgIpc) is 3.76. The van der Waals surface area contributed by atoms with Crippen molar-refractivity contribution in [3.63, 3.8) is 0 Å². The summed E-state index contributed by atoms with van der Waals surface area (Å²) in [5.74, 6) is -1.15. The minimum atomic E-state index is -0.626. The number of nitrogens with one attached hydrogen (secondary N) is 1. The quantitative estimate of drug-likeness (QED) is 0.166. The maximum absolute atomic E-state index is 15.7. The van der Waals surface area contributed by atoms with E-state index in [-0.39, 0.29) is 17.0 Å². The Morgan fingerprint density at radius 3 is 2.51 bits per heavy atom. The summed E-state index contributed by atoms with van der Waals surface area (Å²) in [7, 11) is 1.87. The molecule has 0 spiro atoms. The first kappa shape index (κ1) is 36.5. The third-order valence-electron chi connectivity index (χ3n) is 13.2. The second-order valence-corrected chi connectivity index (χ2v) is 17.3. The molecule has 286 valence electrons. The van der Waals surface area contributed by atoms with E-state index in [2.05, 4.69) is 20.1 Å². The molecule has 4 aromatic rings. The van der Waals surface area contributed by atoms with E-state index in [9.17, 15) is 14.7 Å². The van der Waals surface area contributed by atoms with Crippen molar-refractivity contribution in [3.05, 3.63) is 98.3 Å². The minimum Gasteiger partial charge on any atom is -0.481 e. The number of pyridine rings is 1. The summed E-state index contributed by atoms with van der Waals surface area (Å²) >= 11 is 13.9. The Kier molecular flexibility index (Phi) is 9.39. The van der Waals surface area contributed by atoms with Gasteiger partial charge in [0.1, 0.15) is 5.83 Å². The summed E-state index contributed by atoms with van der Waals surface area (Å²) in [5.41, 5.74) is 6.28. The first-order valence-corrected chi connectivity index (χ1v) is 20.3. The molecular weight excluding hydrogens is 738 g/mol. The number of hydrogen-bond donors (Lipinski definition) is 2. The molecule has 2 aromatic heterocycles. The molecule has 0 radical (unpaired) electrons. The smallest absolute Gasteiger partial charge is 0.309 e. The van der Waals surface area contributed by atoms with Crippen LogP contribution in [0.5, 0.6) is 0 Å². The summed E-state index contributed by atoms with van der Waals surface area (Å²) in [6.07, 6.45) is 12.8. The van der Waals surface area contributed by atoms with Crippen LogP contribution in [-0.4, -0.2) is 67.0 Å². The summed E-state index contributed by atoms with van der Waals surface area (Å²) in [6, 6.07) is 13.3. The monoisotopic (exact) mass is 782 g/mol. The number of benzene rings is 2. The number of aromatic nitrogens is 3. The number of amides is 1. The van der Waals surface area contributed by atoms with Crippen LogP contribution in [0, 0.1) is 10.8 Å². The Labute approximate surface area is 330 Å². The maximum Gasteiger partial charge on any atom is 0.309 e. The number of carbonyl (C=O) groups is 2. The molecule has 4 heterocycles. The van der Waals surface area contributed by atoms with Gasteiger partial charge in [-0.15, -0.1) is 0 Å². The van der Waals surface area contributed by atoms with Gasteiger partial charge in [0.25, 0.3) is 5.91 Å². The predicted octanol–water partition coefficient (Wildman–Crippen LogP) is 8.81. The molecule has 3 saturated carbocycles. The standard InChI is InChI=1S/C43H45Cl2FN6O3/c1-50-36-11-17-51(19-16-42-12-14-43(25-42,15-13-42)41(54)55)24-35(36)48-39(50)40(53)49-33-7-3-6-31(38(33)45)30-5-2-4-27(37(30)44)20-32(46)34-21-26-10-18-52(29-8-9-29)23-28(26)22-47-34/h2-7,20-22,29H,8-19,23-25H2,1H3,(H,49,53)(H,54,55). The van der Waals surface area contributed by atoms with Crippen LogP contribution < -0.4 is 5.32 Å². The van der Waals surface area contributed by atoms with Gasteiger partial charge in [0, 0.05) is 68.7 Å². The first-order chi connectivity index (χ1) is 26.5. The first-order valence-electron chi connectivity index (χ1n) is 19.5. The van der Waals surface area contributed by atoms with Gasteiger partial charge in [-0.25, -0.2) is 9.37 Å². The van der Waals surface area contributed by atoms with E-state index in [0.29, 0.717) is 50.8 Å². The van der Waals surface area contributed by atoms with E-state index in [4.69, 9.17) is 28.2 Å². The molecule has 12 heteroatoms. The fraction of sp³-hybridized carbons (Fsp3) is 0.442. The van der Waals surface area contributed by atoms with Gasteiger partial charge in [0.2, 0.25) is 0 Å². The summed E-state index contributed by atoms with van der Waals surface area (Å²) in [4.78, 5) is 39.8. The molecular formula is C43H45Cl2FN6O3. The van der Waals surface area contributed by atoms with Gasteiger partial charge in [-0.1, -0.05) is 53.5 Å². The molecule has 0 atom stereocenters. The van der Waals surface area contributed by atoms with E-state index in [1.165, 1.54) is 24.5 Å². The van der Waals surface area contributed by atoms with Crippen LogP contribution in [0.15, 0.2) is 48.7 Å². The van der Waals surface area contributed by atoms with Crippen molar-refractivity contribution < 1.29 is 19.1 Å². The second-order valence-electron chi connectivity index (χ2n) is 16.5. The molecule has 0 saturated heterocycles. The van der Waals surface area contributed by atoms with Crippen molar-refractivity contribution in [1.29, 1.82) is 0 Å². The summed E-state index contributed by atoms with van der Waals surface area (Å²) in [6.45, 7) is 4.27. The zero-order valence-electron chi connectivity index (χ0n) is 31.0. The zero-order valence-corrected chi connectivity index (χ0v) is 32.5. The van der Waals surface area contributed by atoms with Crippen molar-refractivity contribution in [3.8, 4) is 11.1 Å². The van der Waals surface area contributed by atoms with Crippen molar-refractivity contribution >= 4 is 52.7 Å². The Morgan fingerprint density at radius 1 is 1.00 bits per heavy atom. The molecule has 5 aliphatic rings. The summed E-state index contributed by atoms with van der Waals surface area (Å²) in [5, 5.41) is 13.4. The highest BCUT2D eigenvalue weighted by atomic mass is 35.5. The van der Waals surface area contributed by atoms with Crippen LogP contribution >= 0.6 is 23.2 Å². The second kappa shape index (κ2) is 14.1. The van der Waals surface area contributed by atoms with E-state index in [1.54, 1.807) is 30.5 Å². The lowest BCUT2D eigenvalue weighted by Crippen LogP contribution is -2.34. The van der Waals surface area contributed by atoms with Gasteiger partial charge in [0.05, 0.1) is 32.5 Å². The normalized spacial score (nSPS) is 23.8. The molecule has 3 aliphatic carbocycles. The number of fused-ring (bicyclic) bond motifs is 4. The lowest BCUT2D eigenvalue weighted by atomic mass is 9.80. The molecule has 9 rings (SSSR count). The van der Waals surface area contributed by atoms with E-state index < -0.39 is 17.2 Å². The number of carboxylic acids is 1. The lowest BCUT2D eigenvalue weighted by molar-refractivity contribution is -0.148. The number of rotatable bonds is 10. The number of halogens is 3. The molecule has 1 amide bonds. The zero-order chi connectivity index (χ0) is 38.1. The fourth-order valence-electron chi connectivity index (χ4n) is 9.77. The van der Waals surface area contributed by atoms with Crippen molar-refractivity contribution in [1.82, 2.24) is 24.3 Å². The van der Waals surface area contributed by atoms with Gasteiger partial charge in [-0.2, -0.15) is 0 Å². The Hall–Kier alpha value is -4.09. The Bertz CT molecular complexity index is 2240. The number of anilines is 1. The minimum absolute atomic E-state index is 0.136. The number of nitrogens with zero attached hydrogens (tertiary/aromatic N) is 5. The SMILES string of the molecule is Cn1c(C(=O)Nc2cccc(-c3cccc(C=C(F)c4cc5c(cn4)CN(C4CC4)CC5)c3Cl)c2Cl)nc2c1CCN(CCC13CCC(C(=O)O)(CC1)C3)C2. The molecule has 2 bridgehead atoms. The Balaban J connectivity index is 0.881. The highest BCUT2D eigenvalue weighted by Crippen LogP contribution is 2.63. The molecule has 55 heavy (non-hydrogen) atoms. The van der Waals surface area contributed by atoms with Gasteiger partial charge in [0.15, 0.2) is 5.82 Å². The number of carbonyl (C=O) groups excluding carboxylic acids is 1. The highest BCUT2D eigenvalue weighted by molar-refractivity contribution is 6.39. The molecule has 9 nitrogen and oxygen atoms in total. The third kappa shape index (κ3) is 6.79. The fourth-order valence-corrected chi connectivity index (χ4v) is 10.3. The molecule has 3 fully saturated rings. The Morgan fingerprint density at radius 2 is 1.76 bits per heavy atom. The molecule has 2 aromatic carbocycles. The van der Waals surface area contributed by atoms with Crippen LogP contribution in [0.2, 0.25) is 10.0 Å². The predicted molar refractivity (Wildman–Crippen MR) is 213 cm³/mol. The number of hydrogen-bond acceptors (Lipinski definition) is 6. The van der Waals surface area contributed by atoms with E-state index in [0.717, 1.165) is 94.5 Å². The number of imidazole rings is 1. The van der Waals surface area contributed by atoms with Gasteiger partial charge in [-0.05, 0) is 105 Å². The lowest BCUT2D eigenvalue weighted by Gasteiger charge is -2.32. The van der Waals surface area contributed by atoms with Crippen molar-refractivity contribution in [2.24, 2.45) is 17.9 Å². The van der Waals surface area contributed by atoms with Gasteiger partial charge >= 0.3 is 5.97 Å². The van der Waals surface area contributed by atoms with Crippen LogP contribution in [0.3, 0.4) is 0 Å². The van der Waals surface area contributed by atoms with Crippen LogP contribution in [0.25, 0.3) is 23.0 Å². The number of carboxylic acid groups (broad SMARTS) is 1. The molecule has 0 unspecified atom stereocenters. The van der Waals surface area contributed by atoms with Crippen LogP contribution in [0.1, 0.15) is 95.8 Å². The number of aliphatic carboxylic acids is 1. The maximum atomic E-state index is 15.7. The topological polar surface area (TPSA) is 104 Å². The van der Waals surface area contributed by atoms with Crippen molar-refractivity contribution in [2.45, 2.75) is 83.3 Å². The third-order valence-corrected chi connectivity index (χ3v) is 14.0. The summed E-state index contributed by atoms with van der Waals surface area (Å²) < 4.78 is 17.6.